The van der Waals surface area contributed by atoms with E-state index in [0.717, 1.165) is 12.0 Å². The number of carbonyl (C=O) groups is 1. The number of aliphatic hydroxyl groups excluding tert-OH is 1. The molecule has 0 aliphatic heterocycles. The predicted molar refractivity (Wildman–Crippen MR) is 90.5 cm³/mol. The fourth-order valence-corrected chi connectivity index (χ4v) is 1.71. The standard InChI is InChI=1S/C12H17NO.C6H14O/c1-4-9-6-5-7-10(13)11(9)12(14)8(2)3;1-5(2)6(3)4-7/h5-8H,4,13H2,1-3H3;5-7H,4H2,1-3H3. The molecule has 120 valence electrons. The van der Waals surface area contributed by atoms with Gasteiger partial charge in [0.1, 0.15) is 0 Å². The van der Waals surface area contributed by atoms with E-state index in [4.69, 9.17) is 10.8 Å². The van der Waals surface area contributed by atoms with Crippen molar-refractivity contribution in [3.63, 3.8) is 0 Å². The Labute approximate surface area is 129 Å². The van der Waals surface area contributed by atoms with Crippen LogP contribution in [0.1, 0.15) is 57.5 Å². The summed E-state index contributed by atoms with van der Waals surface area (Å²) in [6.45, 7) is 12.4. The van der Waals surface area contributed by atoms with E-state index >= 15 is 0 Å². The van der Waals surface area contributed by atoms with Gasteiger partial charge in [0.15, 0.2) is 5.78 Å². The molecule has 0 radical (unpaired) electrons. The Hall–Kier alpha value is -1.35. The van der Waals surface area contributed by atoms with Crippen molar-refractivity contribution in [2.45, 2.75) is 48.0 Å². The Morgan fingerprint density at radius 2 is 1.76 bits per heavy atom. The van der Waals surface area contributed by atoms with Gasteiger partial charge in [-0.3, -0.25) is 4.79 Å². The molecule has 1 aromatic rings. The molecule has 0 saturated carbocycles. The molecule has 0 amide bonds. The summed E-state index contributed by atoms with van der Waals surface area (Å²) in [5.74, 6) is 1.22. The fraction of sp³-hybridized carbons (Fsp3) is 0.611. The Morgan fingerprint density at radius 1 is 1.19 bits per heavy atom. The van der Waals surface area contributed by atoms with Crippen LogP contribution >= 0.6 is 0 Å². The largest absolute Gasteiger partial charge is 0.398 e. The van der Waals surface area contributed by atoms with Crippen LogP contribution in [0.3, 0.4) is 0 Å². The lowest BCUT2D eigenvalue weighted by Gasteiger charge is -2.11. The van der Waals surface area contributed by atoms with Crippen molar-refractivity contribution in [1.82, 2.24) is 0 Å². The predicted octanol–water partition coefficient (Wildman–Crippen LogP) is 3.94. The minimum Gasteiger partial charge on any atom is -0.398 e. The van der Waals surface area contributed by atoms with E-state index in [0.29, 0.717) is 29.7 Å². The van der Waals surface area contributed by atoms with Gasteiger partial charge in [0.25, 0.3) is 0 Å². The molecule has 0 bridgehead atoms. The van der Waals surface area contributed by atoms with E-state index < -0.39 is 0 Å². The number of hydrogen-bond acceptors (Lipinski definition) is 3. The number of nitrogen functional groups attached to an aromatic ring is 1. The Morgan fingerprint density at radius 3 is 2.10 bits per heavy atom. The number of nitrogens with two attached hydrogens (primary N) is 1. The van der Waals surface area contributed by atoms with Gasteiger partial charge in [0.2, 0.25) is 0 Å². The molecule has 21 heavy (non-hydrogen) atoms. The number of anilines is 1. The lowest BCUT2D eigenvalue weighted by Crippen LogP contribution is -2.13. The third-order valence-electron chi connectivity index (χ3n) is 3.76. The van der Waals surface area contributed by atoms with Crippen molar-refractivity contribution in [3.05, 3.63) is 29.3 Å². The minimum absolute atomic E-state index is 0.00463. The Bertz CT molecular complexity index is 439. The molecule has 1 rings (SSSR count). The first-order chi connectivity index (χ1) is 9.76. The third-order valence-corrected chi connectivity index (χ3v) is 3.76. The molecule has 1 atom stereocenters. The second kappa shape index (κ2) is 9.56. The van der Waals surface area contributed by atoms with E-state index in [1.807, 2.05) is 39.8 Å². The first-order valence-electron chi connectivity index (χ1n) is 7.78. The third kappa shape index (κ3) is 6.30. The highest BCUT2D eigenvalue weighted by molar-refractivity contribution is 6.03. The Kier molecular flexibility index (Phi) is 8.95. The molecule has 0 aromatic heterocycles. The summed E-state index contributed by atoms with van der Waals surface area (Å²) in [5, 5.41) is 8.51. The lowest BCUT2D eigenvalue weighted by atomic mass is 9.94. The zero-order valence-corrected chi connectivity index (χ0v) is 14.3. The molecule has 3 heteroatoms. The average Bonchev–Trinajstić information content (AvgIpc) is 2.45. The summed E-state index contributed by atoms with van der Waals surface area (Å²) in [6, 6.07) is 5.64. The van der Waals surface area contributed by atoms with Crippen molar-refractivity contribution >= 4 is 11.5 Å². The molecule has 0 aliphatic carbocycles. The number of carbonyl (C=O) groups excluding carboxylic acids is 1. The molecular weight excluding hydrogens is 262 g/mol. The summed E-state index contributed by atoms with van der Waals surface area (Å²) >= 11 is 0. The van der Waals surface area contributed by atoms with Crippen LogP contribution in [-0.4, -0.2) is 17.5 Å². The van der Waals surface area contributed by atoms with Crippen LogP contribution in [0.2, 0.25) is 0 Å². The number of Topliss-reactive ketones (excluding diaryl/α,β-unsaturated/α-hetero) is 1. The summed E-state index contributed by atoms with van der Waals surface area (Å²) in [6.07, 6.45) is 0.846. The van der Waals surface area contributed by atoms with Gasteiger partial charge in [-0.05, 0) is 29.9 Å². The summed E-state index contributed by atoms with van der Waals surface area (Å²) < 4.78 is 0. The van der Waals surface area contributed by atoms with Gasteiger partial charge in [-0.25, -0.2) is 0 Å². The molecule has 0 fully saturated rings. The molecule has 0 heterocycles. The number of rotatable bonds is 5. The maximum Gasteiger partial charge on any atom is 0.167 e. The average molecular weight is 293 g/mol. The van der Waals surface area contributed by atoms with E-state index in [2.05, 4.69) is 13.8 Å². The van der Waals surface area contributed by atoms with Crippen molar-refractivity contribution in [2.75, 3.05) is 12.3 Å². The molecule has 0 spiro atoms. The van der Waals surface area contributed by atoms with E-state index in [1.54, 1.807) is 6.07 Å². The molecular formula is C18H31NO2. The maximum absolute atomic E-state index is 11.9. The normalized spacial score (nSPS) is 12.0. The minimum atomic E-state index is 0.00463. The number of ketones is 1. The molecule has 0 saturated heterocycles. The molecule has 1 aromatic carbocycles. The SMILES string of the molecule is CC(C)C(C)CO.CCc1cccc(N)c1C(=O)C(C)C. The molecule has 0 aliphatic rings. The quantitative estimate of drug-likeness (QED) is 0.638. The van der Waals surface area contributed by atoms with Crippen molar-refractivity contribution < 1.29 is 9.90 Å². The summed E-state index contributed by atoms with van der Waals surface area (Å²) in [4.78, 5) is 11.9. The number of aryl methyl sites for hydroxylation is 1. The van der Waals surface area contributed by atoms with Gasteiger partial charge in [-0.2, -0.15) is 0 Å². The van der Waals surface area contributed by atoms with Crippen LogP contribution in [-0.2, 0) is 6.42 Å². The second-order valence-electron chi connectivity index (χ2n) is 6.16. The van der Waals surface area contributed by atoms with Gasteiger partial charge < -0.3 is 10.8 Å². The fourth-order valence-electron chi connectivity index (χ4n) is 1.71. The molecule has 3 nitrogen and oxygen atoms in total. The van der Waals surface area contributed by atoms with E-state index in [1.165, 1.54) is 0 Å². The van der Waals surface area contributed by atoms with Gasteiger partial charge in [0.05, 0.1) is 0 Å². The topological polar surface area (TPSA) is 63.3 Å². The lowest BCUT2D eigenvalue weighted by molar-refractivity contribution is 0.0939. The molecule has 3 N–H and O–H groups in total. The van der Waals surface area contributed by atoms with Crippen molar-refractivity contribution in [3.8, 4) is 0 Å². The zero-order chi connectivity index (χ0) is 16.6. The van der Waals surface area contributed by atoms with Crippen LogP contribution in [0.15, 0.2) is 18.2 Å². The van der Waals surface area contributed by atoms with Crippen LogP contribution in [0, 0.1) is 17.8 Å². The highest BCUT2D eigenvalue weighted by atomic mass is 16.3. The highest BCUT2D eigenvalue weighted by Crippen LogP contribution is 2.21. The monoisotopic (exact) mass is 293 g/mol. The van der Waals surface area contributed by atoms with Crippen LogP contribution in [0.4, 0.5) is 5.69 Å². The van der Waals surface area contributed by atoms with E-state index in [-0.39, 0.29) is 11.7 Å². The Balaban J connectivity index is 0.000000486. The van der Waals surface area contributed by atoms with Gasteiger partial charge in [0, 0.05) is 23.8 Å². The number of hydrogen-bond donors (Lipinski definition) is 2. The molecule has 1 unspecified atom stereocenters. The second-order valence-corrected chi connectivity index (χ2v) is 6.16. The summed E-state index contributed by atoms with van der Waals surface area (Å²) in [7, 11) is 0. The zero-order valence-electron chi connectivity index (χ0n) is 14.3. The number of benzene rings is 1. The number of aliphatic hydroxyl groups is 1. The van der Waals surface area contributed by atoms with Gasteiger partial charge >= 0.3 is 0 Å². The smallest absolute Gasteiger partial charge is 0.167 e. The van der Waals surface area contributed by atoms with Crippen LogP contribution in [0.5, 0.6) is 0 Å². The highest BCUT2D eigenvalue weighted by Gasteiger charge is 2.16. The van der Waals surface area contributed by atoms with Crippen molar-refractivity contribution in [2.24, 2.45) is 17.8 Å². The summed E-state index contributed by atoms with van der Waals surface area (Å²) in [5.41, 5.74) is 8.17. The van der Waals surface area contributed by atoms with Crippen LogP contribution in [0.25, 0.3) is 0 Å². The van der Waals surface area contributed by atoms with Crippen molar-refractivity contribution in [1.29, 1.82) is 0 Å². The maximum atomic E-state index is 11.9. The van der Waals surface area contributed by atoms with E-state index in [9.17, 15) is 4.79 Å². The first-order valence-corrected chi connectivity index (χ1v) is 7.78. The van der Waals surface area contributed by atoms with Gasteiger partial charge in [-0.1, -0.05) is 53.7 Å². The first kappa shape index (κ1) is 19.7. The van der Waals surface area contributed by atoms with Crippen LogP contribution < -0.4 is 5.73 Å². The van der Waals surface area contributed by atoms with Gasteiger partial charge in [-0.15, -0.1) is 0 Å².